The smallest absolute Gasteiger partial charge is 0.107 e. The highest BCUT2D eigenvalue weighted by Crippen LogP contribution is 2.46. The highest BCUT2D eigenvalue weighted by atomic mass is 16.5. The first-order chi connectivity index (χ1) is 19.7. The van der Waals surface area contributed by atoms with Crippen LogP contribution in [0, 0.1) is 12.3 Å². The van der Waals surface area contributed by atoms with Crippen LogP contribution in [0.1, 0.15) is 107 Å². The largest absolute Gasteiger partial charge is 0.364 e. The van der Waals surface area contributed by atoms with Crippen LogP contribution in [0.2, 0.25) is 0 Å². The molecule has 4 rings (SSSR count). The zero-order chi connectivity index (χ0) is 30.8. The molecule has 0 aliphatic carbocycles. The van der Waals surface area contributed by atoms with E-state index in [0.717, 1.165) is 5.56 Å². The van der Waals surface area contributed by atoms with Gasteiger partial charge < -0.3 is 4.74 Å². The van der Waals surface area contributed by atoms with Gasteiger partial charge in [-0.25, -0.2) is 0 Å². The zero-order valence-corrected chi connectivity index (χ0v) is 27.1. The van der Waals surface area contributed by atoms with E-state index in [1.807, 2.05) is 0 Å². The maximum atomic E-state index is 5.65. The Bertz CT molecular complexity index is 1350. The van der Waals surface area contributed by atoms with E-state index in [1.54, 1.807) is 0 Å². The van der Waals surface area contributed by atoms with Crippen molar-refractivity contribution in [2.24, 2.45) is 0 Å². The molecule has 0 spiro atoms. The van der Waals surface area contributed by atoms with Crippen molar-refractivity contribution in [3.05, 3.63) is 142 Å². The number of ether oxygens (including phenoxy) is 1. The van der Waals surface area contributed by atoms with Crippen molar-refractivity contribution in [1.82, 2.24) is 0 Å². The van der Waals surface area contributed by atoms with Gasteiger partial charge in [-0.1, -0.05) is 165 Å². The van der Waals surface area contributed by atoms with Gasteiger partial charge in [-0.15, -0.1) is 6.42 Å². The third kappa shape index (κ3) is 6.56. The van der Waals surface area contributed by atoms with Crippen LogP contribution in [0.25, 0.3) is 0 Å². The Morgan fingerprint density at radius 1 is 0.452 bits per heavy atom. The molecule has 0 aliphatic heterocycles. The van der Waals surface area contributed by atoms with Gasteiger partial charge in [0.05, 0.1) is 12.0 Å². The first-order valence-electron chi connectivity index (χ1n) is 15.1. The number of benzene rings is 4. The Hall–Kier alpha value is -3.60. The second-order valence-corrected chi connectivity index (χ2v) is 14.6. The molecule has 4 aromatic carbocycles. The van der Waals surface area contributed by atoms with Gasteiger partial charge in [-0.2, -0.15) is 0 Å². The third-order valence-electron chi connectivity index (χ3n) is 8.39. The lowest BCUT2D eigenvalue weighted by Gasteiger charge is -2.38. The van der Waals surface area contributed by atoms with Crippen molar-refractivity contribution in [1.29, 1.82) is 0 Å². The lowest BCUT2D eigenvalue weighted by atomic mass is 9.64. The van der Waals surface area contributed by atoms with Crippen LogP contribution >= 0.6 is 0 Å². The number of hydrogen-bond donors (Lipinski definition) is 0. The molecule has 0 aromatic heterocycles. The predicted octanol–water partition coefficient (Wildman–Crippen LogP) is 10.1. The summed E-state index contributed by atoms with van der Waals surface area (Å²) in [5.74, 6) is 2.56. The summed E-state index contributed by atoms with van der Waals surface area (Å²) in [6.07, 6.45) is 5.40. The second-order valence-electron chi connectivity index (χ2n) is 14.6. The van der Waals surface area contributed by atoms with Crippen molar-refractivity contribution < 1.29 is 4.74 Å². The maximum absolute atomic E-state index is 5.65. The molecule has 0 atom stereocenters. The number of rotatable bonds is 7. The second kappa shape index (κ2) is 11.9. The van der Waals surface area contributed by atoms with Gasteiger partial charge in [0.25, 0.3) is 0 Å². The van der Waals surface area contributed by atoms with Crippen LogP contribution in [-0.2, 0) is 33.0 Å². The minimum absolute atomic E-state index is 0.0734. The van der Waals surface area contributed by atoms with Crippen molar-refractivity contribution in [3.8, 4) is 12.3 Å². The molecule has 0 aliphatic rings. The van der Waals surface area contributed by atoms with Gasteiger partial charge in [0.2, 0.25) is 0 Å². The Kier molecular flexibility index (Phi) is 8.92. The molecule has 4 aromatic rings. The van der Waals surface area contributed by atoms with E-state index < -0.39 is 5.41 Å². The monoisotopic (exact) mass is 556 g/mol. The molecule has 1 nitrogen and oxygen atoms in total. The first-order valence-corrected chi connectivity index (χ1v) is 15.1. The van der Waals surface area contributed by atoms with E-state index >= 15 is 0 Å². The van der Waals surface area contributed by atoms with E-state index in [1.165, 1.54) is 38.9 Å². The van der Waals surface area contributed by atoms with Gasteiger partial charge >= 0.3 is 0 Å². The topological polar surface area (TPSA) is 9.23 Å². The van der Waals surface area contributed by atoms with E-state index in [4.69, 9.17) is 11.2 Å². The molecule has 0 radical (unpaired) electrons. The van der Waals surface area contributed by atoms with E-state index in [0.29, 0.717) is 13.2 Å². The summed E-state index contributed by atoms with van der Waals surface area (Å²) in [5, 5.41) is 0. The molecule has 218 valence electrons. The summed E-state index contributed by atoms with van der Waals surface area (Å²) in [5.41, 5.74) is 9.76. The summed E-state index contributed by atoms with van der Waals surface area (Å²) in [6.45, 7) is 21.2. The minimum Gasteiger partial charge on any atom is -0.364 e. The fourth-order valence-electron chi connectivity index (χ4n) is 5.74. The average molecular weight is 557 g/mol. The van der Waals surface area contributed by atoms with Crippen molar-refractivity contribution in [2.45, 2.75) is 90.6 Å². The van der Waals surface area contributed by atoms with Crippen LogP contribution < -0.4 is 0 Å². The van der Waals surface area contributed by atoms with E-state index in [2.05, 4.69) is 165 Å². The Labute approximate surface area is 255 Å². The number of hydrogen-bond acceptors (Lipinski definition) is 1. The van der Waals surface area contributed by atoms with Crippen molar-refractivity contribution in [2.75, 3.05) is 6.61 Å². The molecular formula is C41H48O. The molecule has 42 heavy (non-hydrogen) atoms. The van der Waals surface area contributed by atoms with Gasteiger partial charge in [0.1, 0.15) is 6.61 Å². The molecule has 0 fully saturated rings. The summed E-state index contributed by atoms with van der Waals surface area (Å²) in [6, 6.07) is 36.7. The maximum Gasteiger partial charge on any atom is 0.107 e. The molecule has 0 saturated carbocycles. The quantitative estimate of drug-likeness (QED) is 0.125. The lowest BCUT2D eigenvalue weighted by molar-refractivity contribution is 0.153. The average Bonchev–Trinajstić information content (AvgIpc) is 2.94. The van der Waals surface area contributed by atoms with Crippen LogP contribution in [0.3, 0.4) is 0 Å². The fraction of sp³-hybridized carbons (Fsp3) is 0.366. The van der Waals surface area contributed by atoms with E-state index in [9.17, 15) is 0 Å². The molecule has 0 amide bonds. The van der Waals surface area contributed by atoms with Gasteiger partial charge in [-0.3, -0.25) is 0 Å². The summed E-state index contributed by atoms with van der Waals surface area (Å²) < 4.78 is 5.65. The normalized spacial score (nSPS) is 12.7. The summed E-state index contributed by atoms with van der Waals surface area (Å²) in [4.78, 5) is 0. The van der Waals surface area contributed by atoms with E-state index in [-0.39, 0.29) is 16.2 Å². The number of terminal acetylenes is 1. The third-order valence-corrected chi connectivity index (χ3v) is 8.39. The molecule has 1 heteroatoms. The highest BCUT2D eigenvalue weighted by molar-refractivity contribution is 5.61. The summed E-state index contributed by atoms with van der Waals surface area (Å²) in [7, 11) is 0. The Morgan fingerprint density at radius 2 is 0.714 bits per heavy atom. The standard InChI is InChI=1S/C41H48O/c1-11-28-42-29-30-12-14-34(15-13-30)41(35-22-16-31(17-23-35)38(2,3)4,36-24-18-32(19-25-36)39(5,6)7)37-26-20-33(21-27-37)40(8,9)10/h1,12-27H,28-29H2,2-10H3. The Balaban J connectivity index is 2.02. The van der Waals surface area contributed by atoms with Gasteiger partial charge in [0.15, 0.2) is 0 Å². The molecule has 0 heterocycles. The van der Waals surface area contributed by atoms with Crippen molar-refractivity contribution >= 4 is 0 Å². The Morgan fingerprint density at radius 3 is 0.976 bits per heavy atom. The van der Waals surface area contributed by atoms with Crippen LogP contribution in [0.4, 0.5) is 0 Å². The summed E-state index contributed by atoms with van der Waals surface area (Å²) >= 11 is 0. The van der Waals surface area contributed by atoms with Crippen LogP contribution in [-0.4, -0.2) is 6.61 Å². The fourth-order valence-corrected chi connectivity index (χ4v) is 5.74. The van der Waals surface area contributed by atoms with Crippen LogP contribution in [0.5, 0.6) is 0 Å². The van der Waals surface area contributed by atoms with Gasteiger partial charge in [-0.05, 0) is 60.8 Å². The predicted molar refractivity (Wildman–Crippen MR) is 179 cm³/mol. The first kappa shape index (κ1) is 31.3. The lowest BCUT2D eigenvalue weighted by Crippen LogP contribution is -2.31. The molecular weight excluding hydrogens is 508 g/mol. The molecule has 0 unspecified atom stereocenters. The highest BCUT2D eigenvalue weighted by Gasteiger charge is 2.39. The SMILES string of the molecule is C#CCOCc1ccc(C(c2ccc(C(C)(C)C)cc2)(c2ccc(C(C)(C)C)cc2)c2ccc(C(C)(C)C)cc2)cc1. The van der Waals surface area contributed by atoms with Gasteiger partial charge in [0, 0.05) is 0 Å². The zero-order valence-electron chi connectivity index (χ0n) is 27.1. The molecule has 0 N–H and O–H groups in total. The molecule has 0 bridgehead atoms. The van der Waals surface area contributed by atoms with Crippen molar-refractivity contribution in [3.63, 3.8) is 0 Å². The molecule has 0 saturated heterocycles. The minimum atomic E-state index is -0.512. The van der Waals surface area contributed by atoms with Crippen LogP contribution in [0.15, 0.2) is 97.1 Å².